The monoisotopic (exact) mass is 452 g/mol. The quantitative estimate of drug-likeness (QED) is 0.572. The summed E-state index contributed by atoms with van der Waals surface area (Å²) >= 11 is 0. The standard InChI is InChI=1S/C24H26F2N6O/c1-17(31-9-7-20(8-10-31)30-21-4-2-3-18(11-21)13-27)24(33,14-32-16-28-15-29-32)22-6-5-19(25)12-23(22)26/h2-6,11-12,15-17,20,30,33H,7-10,14H2,1H3/t17-,24-/m1/s1. The zero-order valence-corrected chi connectivity index (χ0v) is 18.3. The average molecular weight is 453 g/mol. The average Bonchev–Trinajstić information content (AvgIpc) is 3.32. The topological polar surface area (TPSA) is 90.0 Å². The second-order valence-electron chi connectivity index (χ2n) is 8.46. The molecule has 2 aromatic carbocycles. The minimum atomic E-state index is -1.65. The van der Waals surface area contributed by atoms with Crippen molar-refractivity contribution in [3.05, 3.63) is 77.9 Å². The molecule has 0 unspecified atom stereocenters. The van der Waals surface area contributed by atoms with E-state index in [-0.39, 0.29) is 18.2 Å². The molecular weight excluding hydrogens is 426 g/mol. The van der Waals surface area contributed by atoms with Crippen LogP contribution in [-0.2, 0) is 12.1 Å². The summed E-state index contributed by atoms with van der Waals surface area (Å²) in [7, 11) is 0. The van der Waals surface area contributed by atoms with Gasteiger partial charge in [0.25, 0.3) is 0 Å². The molecule has 0 aliphatic carbocycles. The lowest BCUT2D eigenvalue weighted by Gasteiger charge is -2.44. The molecule has 1 fully saturated rings. The number of hydrogen-bond acceptors (Lipinski definition) is 6. The molecule has 2 atom stereocenters. The van der Waals surface area contributed by atoms with Crippen molar-refractivity contribution in [3.8, 4) is 6.07 Å². The van der Waals surface area contributed by atoms with E-state index in [1.54, 1.807) is 6.07 Å². The second-order valence-corrected chi connectivity index (χ2v) is 8.46. The molecule has 1 aliphatic heterocycles. The number of nitrogens with zero attached hydrogens (tertiary/aromatic N) is 5. The molecule has 0 radical (unpaired) electrons. The van der Waals surface area contributed by atoms with Crippen LogP contribution in [0.2, 0.25) is 0 Å². The van der Waals surface area contributed by atoms with Gasteiger partial charge in [0, 0.05) is 42.5 Å². The number of hydrogen-bond donors (Lipinski definition) is 2. The maximum absolute atomic E-state index is 14.8. The number of halogens is 2. The minimum absolute atomic E-state index is 0.0180. The first-order valence-electron chi connectivity index (χ1n) is 10.9. The van der Waals surface area contributed by atoms with Crippen molar-refractivity contribution in [2.75, 3.05) is 18.4 Å². The first kappa shape index (κ1) is 22.8. The molecule has 2 N–H and O–H groups in total. The fourth-order valence-electron chi connectivity index (χ4n) is 4.49. The van der Waals surface area contributed by atoms with Crippen LogP contribution < -0.4 is 5.32 Å². The lowest BCUT2D eigenvalue weighted by atomic mass is 9.84. The van der Waals surface area contributed by atoms with E-state index in [4.69, 9.17) is 5.26 Å². The van der Waals surface area contributed by atoms with Crippen molar-refractivity contribution in [1.82, 2.24) is 19.7 Å². The molecule has 172 valence electrons. The van der Waals surface area contributed by atoms with Gasteiger partial charge in [-0.1, -0.05) is 12.1 Å². The maximum Gasteiger partial charge on any atom is 0.137 e. The van der Waals surface area contributed by atoms with Gasteiger partial charge >= 0.3 is 0 Å². The SMILES string of the molecule is C[C@@H](N1CCC(Nc2cccc(C#N)c2)CC1)[C@](O)(Cn1cncn1)c1ccc(F)cc1F. The Morgan fingerprint density at radius 3 is 2.70 bits per heavy atom. The molecule has 0 saturated carbocycles. The molecule has 3 aromatic rings. The lowest BCUT2D eigenvalue weighted by Crippen LogP contribution is -2.55. The smallest absolute Gasteiger partial charge is 0.137 e. The molecule has 1 aromatic heterocycles. The van der Waals surface area contributed by atoms with Crippen LogP contribution in [0.3, 0.4) is 0 Å². The van der Waals surface area contributed by atoms with E-state index >= 15 is 0 Å². The summed E-state index contributed by atoms with van der Waals surface area (Å²) in [6, 6.07) is 12.5. The van der Waals surface area contributed by atoms with E-state index in [1.807, 2.05) is 25.1 Å². The molecular formula is C24H26F2N6O. The van der Waals surface area contributed by atoms with Gasteiger partial charge in [-0.25, -0.2) is 18.4 Å². The second kappa shape index (κ2) is 9.65. The Labute approximate surface area is 191 Å². The number of nitriles is 1. The third-order valence-electron chi connectivity index (χ3n) is 6.40. The molecule has 9 heteroatoms. The lowest BCUT2D eigenvalue weighted by molar-refractivity contribution is -0.0686. The molecule has 0 spiro atoms. The summed E-state index contributed by atoms with van der Waals surface area (Å²) in [6.45, 7) is 3.19. The van der Waals surface area contributed by atoms with Gasteiger partial charge in [0.05, 0.1) is 18.2 Å². The number of likely N-dealkylation sites (tertiary alicyclic amines) is 1. The van der Waals surface area contributed by atoms with Crippen LogP contribution in [0, 0.1) is 23.0 Å². The molecule has 2 heterocycles. The number of rotatable bonds is 7. The zero-order valence-electron chi connectivity index (χ0n) is 18.3. The van der Waals surface area contributed by atoms with Crippen LogP contribution in [0.4, 0.5) is 14.5 Å². The first-order valence-corrected chi connectivity index (χ1v) is 10.9. The molecule has 7 nitrogen and oxygen atoms in total. The number of aliphatic hydroxyl groups is 1. The Bertz CT molecular complexity index is 1120. The van der Waals surface area contributed by atoms with E-state index < -0.39 is 23.3 Å². The van der Waals surface area contributed by atoms with Crippen LogP contribution in [0.1, 0.15) is 30.9 Å². The van der Waals surface area contributed by atoms with Gasteiger partial charge in [0.15, 0.2) is 0 Å². The number of anilines is 1. The van der Waals surface area contributed by atoms with Gasteiger partial charge in [-0.15, -0.1) is 0 Å². The van der Waals surface area contributed by atoms with Gasteiger partial charge in [0.1, 0.15) is 29.9 Å². The van der Waals surface area contributed by atoms with Crippen molar-refractivity contribution >= 4 is 5.69 Å². The summed E-state index contributed by atoms with van der Waals surface area (Å²) in [4.78, 5) is 6.03. The highest BCUT2D eigenvalue weighted by molar-refractivity contribution is 5.49. The molecule has 0 bridgehead atoms. The van der Waals surface area contributed by atoms with E-state index in [2.05, 4.69) is 26.4 Å². The third-order valence-corrected chi connectivity index (χ3v) is 6.40. The van der Waals surface area contributed by atoms with E-state index in [0.717, 1.165) is 30.7 Å². The highest BCUT2D eigenvalue weighted by Crippen LogP contribution is 2.34. The maximum atomic E-state index is 14.8. The third kappa shape index (κ3) is 5.02. The highest BCUT2D eigenvalue weighted by atomic mass is 19.1. The zero-order chi connectivity index (χ0) is 23.4. The van der Waals surface area contributed by atoms with Gasteiger partial charge in [-0.05, 0) is 44.0 Å². The van der Waals surface area contributed by atoms with Crippen molar-refractivity contribution in [3.63, 3.8) is 0 Å². The van der Waals surface area contributed by atoms with Crippen molar-refractivity contribution < 1.29 is 13.9 Å². The van der Waals surface area contributed by atoms with Crippen LogP contribution in [0.15, 0.2) is 55.1 Å². The normalized spacial score (nSPS) is 17.8. The van der Waals surface area contributed by atoms with Crippen LogP contribution in [0.5, 0.6) is 0 Å². The van der Waals surface area contributed by atoms with Gasteiger partial charge in [-0.2, -0.15) is 10.4 Å². The van der Waals surface area contributed by atoms with Crippen molar-refractivity contribution in [2.45, 2.75) is 44.0 Å². The molecule has 1 aliphatic rings. The van der Waals surface area contributed by atoms with E-state index in [9.17, 15) is 13.9 Å². The van der Waals surface area contributed by atoms with Crippen LogP contribution in [0.25, 0.3) is 0 Å². The van der Waals surface area contributed by atoms with Gasteiger partial charge < -0.3 is 10.4 Å². The van der Waals surface area contributed by atoms with E-state index in [1.165, 1.54) is 23.4 Å². The minimum Gasteiger partial charge on any atom is -0.382 e. The fraction of sp³-hybridized carbons (Fsp3) is 0.375. The molecule has 4 rings (SSSR count). The van der Waals surface area contributed by atoms with E-state index in [0.29, 0.717) is 18.7 Å². The van der Waals surface area contributed by atoms with Gasteiger partial charge in [0.2, 0.25) is 0 Å². The predicted molar refractivity (Wildman–Crippen MR) is 119 cm³/mol. The summed E-state index contributed by atoms with van der Waals surface area (Å²) in [5.74, 6) is -1.49. The summed E-state index contributed by atoms with van der Waals surface area (Å²) in [6.07, 6.45) is 4.44. The largest absolute Gasteiger partial charge is 0.382 e. The first-order chi connectivity index (χ1) is 15.9. The summed E-state index contributed by atoms with van der Waals surface area (Å²) in [5, 5.41) is 28.4. The van der Waals surface area contributed by atoms with Crippen LogP contribution >= 0.6 is 0 Å². The van der Waals surface area contributed by atoms with Crippen molar-refractivity contribution in [2.24, 2.45) is 0 Å². The number of benzene rings is 2. The number of aromatic nitrogens is 3. The molecule has 1 saturated heterocycles. The Hall–Kier alpha value is -3.35. The number of nitrogens with one attached hydrogen (secondary N) is 1. The van der Waals surface area contributed by atoms with Crippen molar-refractivity contribution in [1.29, 1.82) is 5.26 Å². The Morgan fingerprint density at radius 1 is 1.24 bits per heavy atom. The molecule has 33 heavy (non-hydrogen) atoms. The Balaban J connectivity index is 1.50. The number of piperidine rings is 1. The Morgan fingerprint density at radius 2 is 2.03 bits per heavy atom. The van der Waals surface area contributed by atoms with Gasteiger partial charge in [-0.3, -0.25) is 4.90 Å². The van der Waals surface area contributed by atoms with Crippen LogP contribution in [-0.4, -0.2) is 49.9 Å². The highest BCUT2D eigenvalue weighted by Gasteiger charge is 2.42. The summed E-state index contributed by atoms with van der Waals surface area (Å²) < 4.78 is 29.8. The predicted octanol–water partition coefficient (Wildman–Crippen LogP) is 3.28. The Kier molecular flexibility index (Phi) is 6.67. The summed E-state index contributed by atoms with van der Waals surface area (Å²) in [5.41, 5.74) is -0.116. The molecule has 0 amide bonds. The fourth-order valence-corrected chi connectivity index (χ4v) is 4.49.